The molecule has 3 aromatic rings. The smallest absolute Gasteiger partial charge is 0.387 e. The average molecular weight is 860 g/mol. The van der Waals surface area contributed by atoms with E-state index in [0.29, 0.717) is 10.3 Å². The van der Waals surface area contributed by atoms with E-state index in [1.54, 1.807) is 20.8 Å². The van der Waals surface area contributed by atoms with Gasteiger partial charge in [0.1, 0.15) is 40.7 Å². The van der Waals surface area contributed by atoms with Gasteiger partial charge in [-0.15, -0.1) is 0 Å². The maximum atomic E-state index is 13.2. The number of halogens is 4. The molecule has 0 aliphatic heterocycles. The van der Waals surface area contributed by atoms with Crippen molar-refractivity contribution in [1.29, 1.82) is 0 Å². The monoisotopic (exact) mass is 858 g/mol. The van der Waals surface area contributed by atoms with Gasteiger partial charge in [0.2, 0.25) is 0 Å². The Labute approximate surface area is 340 Å². The number of nitrogens with zero attached hydrogens (tertiary/aromatic N) is 2. The first-order chi connectivity index (χ1) is 26.9. The molecule has 2 fully saturated rings. The van der Waals surface area contributed by atoms with Crippen molar-refractivity contribution in [2.24, 2.45) is 11.8 Å². The van der Waals surface area contributed by atoms with Crippen LogP contribution in [0.4, 0.5) is 14.5 Å². The summed E-state index contributed by atoms with van der Waals surface area (Å²) in [4.78, 5) is 39.0. The molecule has 1 aromatic heterocycles. The van der Waals surface area contributed by atoms with Gasteiger partial charge in [0.05, 0.1) is 30.9 Å². The van der Waals surface area contributed by atoms with Crippen LogP contribution in [0.3, 0.4) is 0 Å². The fourth-order valence-corrected chi connectivity index (χ4v) is 6.49. The Bertz CT molecular complexity index is 1940. The Kier molecular flexibility index (Phi) is 14.8. The van der Waals surface area contributed by atoms with Gasteiger partial charge in [0, 0.05) is 12.0 Å². The first-order valence-electron chi connectivity index (χ1n) is 18.0. The van der Waals surface area contributed by atoms with E-state index < -0.39 is 67.1 Å². The molecule has 2 saturated carbocycles. The van der Waals surface area contributed by atoms with Crippen LogP contribution in [0, 0.1) is 17.0 Å². The Morgan fingerprint density at radius 2 is 1.58 bits per heavy atom. The molecular formula is C38H42Cl2F2N2O12S. The lowest BCUT2D eigenvalue weighted by Crippen LogP contribution is -2.36. The van der Waals surface area contributed by atoms with Gasteiger partial charge in [0.15, 0.2) is 23.9 Å². The highest BCUT2D eigenvalue weighted by Crippen LogP contribution is 2.38. The van der Waals surface area contributed by atoms with Gasteiger partial charge in [-0.2, -0.15) is 13.5 Å². The quantitative estimate of drug-likeness (QED) is 0.0400. The van der Waals surface area contributed by atoms with E-state index in [4.69, 9.17) is 46.9 Å². The largest absolute Gasteiger partial charge is 0.619 e. The zero-order valence-electron chi connectivity index (χ0n) is 31.3. The van der Waals surface area contributed by atoms with Crippen molar-refractivity contribution in [2.75, 3.05) is 30.7 Å². The van der Waals surface area contributed by atoms with Crippen LogP contribution in [0.5, 0.6) is 17.2 Å². The van der Waals surface area contributed by atoms with Crippen LogP contribution >= 0.6 is 23.2 Å². The summed E-state index contributed by atoms with van der Waals surface area (Å²) in [5.41, 5.74) is -0.217. The van der Waals surface area contributed by atoms with Crippen LogP contribution in [0.1, 0.15) is 80.5 Å². The van der Waals surface area contributed by atoms with Crippen LogP contribution < -0.4 is 23.2 Å². The number of aromatic nitrogens is 1. The molecule has 19 heteroatoms. The molecule has 57 heavy (non-hydrogen) atoms. The summed E-state index contributed by atoms with van der Waals surface area (Å²) in [5, 5.41) is 11.9. The molecule has 5 rings (SSSR count). The number of anilines is 1. The van der Waals surface area contributed by atoms with Crippen molar-refractivity contribution in [1.82, 2.24) is 0 Å². The zero-order chi connectivity index (χ0) is 41.4. The molecule has 2 aliphatic rings. The van der Waals surface area contributed by atoms with Gasteiger partial charge in [-0.1, -0.05) is 29.3 Å². The molecule has 0 amide bonds. The molecule has 310 valence electrons. The number of rotatable bonds is 20. The third-order valence-corrected chi connectivity index (χ3v) is 9.86. The number of ether oxygens (including phenoxy) is 6. The van der Waals surface area contributed by atoms with Gasteiger partial charge in [-0.3, -0.25) is 18.4 Å². The highest BCUT2D eigenvalue weighted by Gasteiger charge is 2.29. The third-order valence-electron chi connectivity index (χ3n) is 8.50. The Balaban J connectivity index is 1.30. The maximum Gasteiger partial charge on any atom is 0.387 e. The number of pyridine rings is 1. The number of hydrogen-bond acceptors (Lipinski definition) is 11. The summed E-state index contributed by atoms with van der Waals surface area (Å²) in [5.74, 6) is -2.06. The lowest BCUT2D eigenvalue weighted by molar-refractivity contribution is -0.605. The minimum absolute atomic E-state index is 0.00187. The highest BCUT2D eigenvalue weighted by atomic mass is 35.5. The van der Waals surface area contributed by atoms with Crippen molar-refractivity contribution < 1.29 is 65.1 Å². The molecule has 14 nitrogen and oxygen atoms in total. The predicted molar refractivity (Wildman–Crippen MR) is 203 cm³/mol. The minimum Gasteiger partial charge on any atom is -0.619 e. The first kappa shape index (κ1) is 43.7. The van der Waals surface area contributed by atoms with Crippen molar-refractivity contribution in [3.8, 4) is 17.2 Å². The fourth-order valence-electron chi connectivity index (χ4n) is 5.36. The summed E-state index contributed by atoms with van der Waals surface area (Å²) in [6.07, 6.45) is 4.18. The third kappa shape index (κ3) is 13.6. The van der Waals surface area contributed by atoms with Gasteiger partial charge < -0.3 is 33.6 Å². The second-order valence-corrected chi connectivity index (χ2v) is 16.2. The highest BCUT2D eigenvalue weighted by molar-refractivity contribution is 7.80. The molecule has 2 aliphatic carbocycles. The second kappa shape index (κ2) is 19.3. The van der Waals surface area contributed by atoms with E-state index in [1.165, 1.54) is 36.4 Å². The van der Waals surface area contributed by atoms with Gasteiger partial charge >= 0.3 is 24.5 Å². The zero-order valence-corrected chi connectivity index (χ0v) is 33.6. The van der Waals surface area contributed by atoms with Crippen LogP contribution in [-0.2, 0) is 41.5 Å². The van der Waals surface area contributed by atoms with Crippen molar-refractivity contribution in [3.05, 3.63) is 80.7 Å². The number of carbonyl (C=O) groups is 3. The maximum absolute atomic E-state index is 13.2. The summed E-state index contributed by atoms with van der Waals surface area (Å²) < 4.78 is 82.9. The van der Waals surface area contributed by atoms with E-state index in [2.05, 4.69) is 4.74 Å². The topological polar surface area (TPSA) is 174 Å². The lowest BCUT2D eigenvalue weighted by atomic mass is 10.0. The molecule has 0 bridgehead atoms. The Hall–Kier alpha value is -4.45. The van der Waals surface area contributed by atoms with Crippen molar-refractivity contribution in [2.45, 2.75) is 77.6 Å². The van der Waals surface area contributed by atoms with E-state index in [-0.39, 0.29) is 75.6 Å². The summed E-state index contributed by atoms with van der Waals surface area (Å²) in [6.45, 7) is 1.36. The Morgan fingerprint density at radius 3 is 2.16 bits per heavy atom. The van der Waals surface area contributed by atoms with E-state index in [0.717, 1.165) is 42.4 Å². The van der Waals surface area contributed by atoms with Gasteiger partial charge in [0.25, 0.3) is 11.3 Å². The number of hydrogen-bond donors (Lipinski definition) is 1. The van der Waals surface area contributed by atoms with Crippen LogP contribution in [0.25, 0.3) is 0 Å². The first-order valence-corrected chi connectivity index (χ1v) is 19.8. The second-order valence-electron chi connectivity index (χ2n) is 14.5. The van der Waals surface area contributed by atoms with E-state index in [1.807, 2.05) is 0 Å². The van der Waals surface area contributed by atoms with E-state index in [9.17, 15) is 37.1 Å². The SMILES string of the molecule is CC(C)(C)OC(=O)CN(c1ccc(C(=O)OCCC(=O)OC(Cc2c(Cl)c[n+]([O-])cc2Cl)c2ccc(OC(F)F)c(OCC3CC3)c2)cc1OCC1CC1)S(=O)O. The van der Waals surface area contributed by atoms with E-state index >= 15 is 0 Å². The molecule has 2 unspecified atom stereocenters. The van der Waals surface area contributed by atoms with Crippen LogP contribution in [0.15, 0.2) is 48.8 Å². The van der Waals surface area contributed by atoms with Crippen molar-refractivity contribution in [3.63, 3.8) is 0 Å². The van der Waals surface area contributed by atoms with Crippen molar-refractivity contribution >= 4 is 58.1 Å². The average Bonchev–Trinajstić information content (AvgIpc) is 4.05. The molecule has 0 radical (unpaired) electrons. The normalized spacial score (nSPS) is 15.0. The molecular weight excluding hydrogens is 817 g/mol. The van der Waals surface area contributed by atoms with Crippen LogP contribution in [0.2, 0.25) is 10.0 Å². The molecule has 2 atom stereocenters. The lowest BCUT2D eigenvalue weighted by Gasteiger charge is -2.25. The number of carbonyl (C=O) groups excluding carboxylic acids is 3. The number of alkyl halides is 2. The Morgan fingerprint density at radius 1 is 0.947 bits per heavy atom. The van der Waals surface area contributed by atoms with Crippen LogP contribution in [-0.4, -0.2) is 65.2 Å². The number of benzene rings is 2. The fraction of sp³-hybridized carbons (Fsp3) is 0.474. The molecule has 0 spiro atoms. The summed E-state index contributed by atoms with van der Waals surface area (Å²) in [7, 11) is 0. The van der Waals surface area contributed by atoms with Gasteiger partial charge in [-0.25, -0.2) is 9.00 Å². The van der Waals surface area contributed by atoms with Gasteiger partial charge in [-0.05, 0) is 94.2 Å². The summed E-state index contributed by atoms with van der Waals surface area (Å²) >= 11 is 9.99. The molecule has 1 heterocycles. The predicted octanol–water partition coefficient (Wildman–Crippen LogP) is 7.16. The number of esters is 3. The molecule has 2 aromatic carbocycles. The molecule has 0 saturated heterocycles. The molecule has 1 N–H and O–H groups in total. The minimum atomic E-state index is -3.12. The standard InChI is InChI=1S/C38H42Cl2F2N2O12S/c1-38(2,3)56-35(46)19-44(57(49)50)29-10-8-25(15-32(29)52-20-22-4-5-22)36(47)51-13-12-34(45)54-31(16-26-27(39)17-43(48)18-28(26)40)24-9-11-30(55-37(41)42)33(14-24)53-21-23-6-7-23/h8-11,14-15,17-18,22-23,31,37H,4-7,12-13,16,19-21H2,1-3H3,(H,49,50). The summed E-state index contributed by atoms with van der Waals surface area (Å²) in [6, 6.07) is 8.04.